The zero-order valence-corrected chi connectivity index (χ0v) is 11.9. The van der Waals surface area contributed by atoms with Gasteiger partial charge in [-0.25, -0.2) is 9.37 Å². The highest BCUT2D eigenvalue weighted by atomic mass is 32.2. The Morgan fingerprint density at radius 1 is 1.38 bits per heavy atom. The smallest absolute Gasteiger partial charge is 0.251 e. The van der Waals surface area contributed by atoms with Gasteiger partial charge in [-0.2, -0.15) is 0 Å². The number of aliphatic hydroxyl groups is 1. The van der Waals surface area contributed by atoms with Gasteiger partial charge in [0.05, 0.1) is 12.2 Å². The van der Waals surface area contributed by atoms with Crippen molar-refractivity contribution in [1.82, 2.24) is 9.97 Å². The van der Waals surface area contributed by atoms with Crippen molar-refractivity contribution in [2.24, 2.45) is 0 Å². The minimum Gasteiger partial charge on any atom is -0.395 e. The van der Waals surface area contributed by atoms with E-state index in [9.17, 15) is 9.18 Å². The number of rotatable bonds is 4. The van der Waals surface area contributed by atoms with E-state index in [-0.39, 0.29) is 18.0 Å². The molecule has 1 aromatic heterocycles. The molecule has 0 aliphatic carbocycles. The molecule has 4 nitrogen and oxygen atoms in total. The van der Waals surface area contributed by atoms with Crippen LogP contribution in [0.3, 0.4) is 0 Å². The Labute approximate surface area is 125 Å². The van der Waals surface area contributed by atoms with Crippen molar-refractivity contribution in [3.05, 3.63) is 57.8 Å². The number of benzene rings is 1. The van der Waals surface area contributed by atoms with E-state index < -0.39 is 0 Å². The monoisotopic (exact) mass is 304 g/mol. The Morgan fingerprint density at radius 3 is 3.00 bits per heavy atom. The van der Waals surface area contributed by atoms with Gasteiger partial charge in [-0.15, -0.1) is 0 Å². The van der Waals surface area contributed by atoms with E-state index >= 15 is 0 Å². The van der Waals surface area contributed by atoms with Crippen molar-refractivity contribution in [2.75, 3.05) is 6.61 Å². The average molecular weight is 304 g/mol. The van der Waals surface area contributed by atoms with Crippen LogP contribution in [-0.4, -0.2) is 21.7 Å². The zero-order valence-electron chi connectivity index (χ0n) is 11.1. The fraction of sp³-hybridized carbons (Fsp3) is 0.200. The summed E-state index contributed by atoms with van der Waals surface area (Å²) in [6, 6.07) is 6.03. The maximum absolute atomic E-state index is 13.6. The number of nitrogens with one attached hydrogen (secondary N) is 1. The van der Waals surface area contributed by atoms with Crippen LogP contribution < -0.4 is 5.56 Å². The van der Waals surface area contributed by atoms with Crippen molar-refractivity contribution < 1.29 is 9.50 Å². The molecule has 0 radical (unpaired) electrons. The second kappa shape index (κ2) is 7.62. The highest BCUT2D eigenvalue weighted by Crippen LogP contribution is 2.19. The molecule has 6 heteroatoms. The Morgan fingerprint density at radius 2 is 2.24 bits per heavy atom. The van der Waals surface area contributed by atoms with Crippen molar-refractivity contribution >= 4 is 11.8 Å². The highest BCUT2D eigenvalue weighted by molar-refractivity contribution is 7.98. The normalized spacial score (nSPS) is 10.0. The molecular formula is C15H13FN2O2S. The molecule has 0 bridgehead atoms. The van der Waals surface area contributed by atoms with E-state index in [1.54, 1.807) is 12.1 Å². The number of nitrogens with zero attached hydrogens (tertiary/aromatic N) is 1. The first kappa shape index (κ1) is 15.3. The summed E-state index contributed by atoms with van der Waals surface area (Å²) in [6.07, 6.45) is 1.76. The van der Waals surface area contributed by atoms with Gasteiger partial charge in [0, 0.05) is 24.4 Å². The second-order valence-electron chi connectivity index (χ2n) is 4.12. The van der Waals surface area contributed by atoms with E-state index in [4.69, 9.17) is 5.11 Å². The molecule has 0 amide bonds. The number of H-pyrrole nitrogens is 1. The van der Waals surface area contributed by atoms with Crippen molar-refractivity contribution in [1.29, 1.82) is 0 Å². The van der Waals surface area contributed by atoms with Crippen LogP contribution in [0.25, 0.3) is 0 Å². The number of aliphatic hydroxyl groups excluding tert-OH is 1. The predicted octanol–water partition coefficient (Wildman–Crippen LogP) is 1.94. The minimum atomic E-state index is -0.388. The van der Waals surface area contributed by atoms with Crippen LogP contribution in [-0.2, 0) is 5.75 Å². The topological polar surface area (TPSA) is 66.0 Å². The van der Waals surface area contributed by atoms with Gasteiger partial charge in [0.2, 0.25) is 0 Å². The van der Waals surface area contributed by atoms with Crippen LogP contribution in [0.5, 0.6) is 0 Å². The van der Waals surface area contributed by atoms with Crippen LogP contribution in [0.15, 0.2) is 40.4 Å². The lowest BCUT2D eigenvalue weighted by atomic mass is 10.1. The van der Waals surface area contributed by atoms with Crippen LogP contribution >= 0.6 is 11.8 Å². The number of aromatic amines is 1. The van der Waals surface area contributed by atoms with E-state index in [2.05, 4.69) is 21.8 Å². The quantitative estimate of drug-likeness (QED) is 0.515. The lowest BCUT2D eigenvalue weighted by molar-refractivity contribution is 0.305. The third kappa shape index (κ3) is 4.74. The molecule has 0 saturated carbocycles. The van der Waals surface area contributed by atoms with E-state index in [1.807, 2.05) is 0 Å². The molecule has 0 aliphatic rings. The summed E-state index contributed by atoms with van der Waals surface area (Å²) in [5.41, 5.74) is 0.972. The number of aromatic nitrogens is 2. The van der Waals surface area contributed by atoms with Crippen molar-refractivity contribution in [3.63, 3.8) is 0 Å². The van der Waals surface area contributed by atoms with E-state index in [1.165, 1.54) is 30.1 Å². The summed E-state index contributed by atoms with van der Waals surface area (Å²) in [7, 11) is 0. The lowest BCUT2D eigenvalue weighted by Gasteiger charge is -2.02. The average Bonchev–Trinajstić information content (AvgIpc) is 2.48. The Kier molecular flexibility index (Phi) is 5.55. The summed E-state index contributed by atoms with van der Waals surface area (Å²) in [5.74, 6) is 5.54. The predicted molar refractivity (Wildman–Crippen MR) is 79.4 cm³/mol. The fourth-order valence-electron chi connectivity index (χ4n) is 1.55. The first-order valence-corrected chi connectivity index (χ1v) is 7.24. The fourth-order valence-corrected chi connectivity index (χ4v) is 2.34. The standard InChI is InChI=1S/C15H13FN2O2S/c16-13-5-4-11(9-12(13)3-1-2-8-19)10-21-15-17-7-6-14(20)18-15/h4-7,9,19H,2,8,10H2,(H,17,18,20). The molecule has 0 unspecified atom stereocenters. The first-order valence-electron chi connectivity index (χ1n) is 6.25. The Hall–Kier alpha value is -2.10. The van der Waals surface area contributed by atoms with Gasteiger partial charge in [-0.05, 0) is 17.7 Å². The maximum atomic E-state index is 13.6. The minimum absolute atomic E-state index is 0.0444. The molecule has 1 heterocycles. The van der Waals surface area contributed by atoms with Gasteiger partial charge in [0.1, 0.15) is 5.82 Å². The molecule has 2 rings (SSSR count). The molecular weight excluding hydrogens is 291 g/mol. The Bertz CT molecular complexity index is 734. The molecule has 0 saturated heterocycles. The molecule has 108 valence electrons. The third-order valence-electron chi connectivity index (χ3n) is 2.51. The van der Waals surface area contributed by atoms with Gasteiger partial charge in [0.25, 0.3) is 5.56 Å². The van der Waals surface area contributed by atoms with Gasteiger partial charge < -0.3 is 10.1 Å². The number of hydrogen-bond donors (Lipinski definition) is 2. The molecule has 2 N–H and O–H groups in total. The number of halogens is 1. The van der Waals surface area contributed by atoms with Gasteiger partial charge in [-0.3, -0.25) is 4.79 Å². The van der Waals surface area contributed by atoms with E-state index in [0.717, 1.165) is 5.56 Å². The summed E-state index contributed by atoms with van der Waals surface area (Å²) in [5, 5.41) is 9.18. The highest BCUT2D eigenvalue weighted by Gasteiger charge is 2.03. The summed E-state index contributed by atoms with van der Waals surface area (Å²) < 4.78 is 13.6. The molecule has 0 atom stereocenters. The molecule has 21 heavy (non-hydrogen) atoms. The Balaban J connectivity index is 2.09. The van der Waals surface area contributed by atoms with Crippen LogP contribution in [0.1, 0.15) is 17.5 Å². The zero-order chi connectivity index (χ0) is 15.1. The van der Waals surface area contributed by atoms with Crippen LogP contribution in [0, 0.1) is 17.7 Å². The maximum Gasteiger partial charge on any atom is 0.251 e. The van der Waals surface area contributed by atoms with Gasteiger partial charge in [0.15, 0.2) is 5.16 Å². The molecule has 0 aliphatic heterocycles. The second-order valence-corrected chi connectivity index (χ2v) is 5.08. The summed E-state index contributed by atoms with van der Waals surface area (Å²) in [4.78, 5) is 17.8. The van der Waals surface area contributed by atoms with Crippen LogP contribution in [0.2, 0.25) is 0 Å². The molecule has 0 spiro atoms. The van der Waals surface area contributed by atoms with Crippen LogP contribution in [0.4, 0.5) is 4.39 Å². The molecule has 1 aromatic carbocycles. The van der Waals surface area contributed by atoms with Crippen molar-refractivity contribution in [3.8, 4) is 11.8 Å². The SMILES string of the molecule is O=c1ccnc(SCc2ccc(F)c(C#CCCO)c2)[nH]1. The lowest BCUT2D eigenvalue weighted by Crippen LogP contribution is -2.05. The van der Waals surface area contributed by atoms with E-state index in [0.29, 0.717) is 22.9 Å². The van der Waals surface area contributed by atoms with Gasteiger partial charge >= 0.3 is 0 Å². The third-order valence-corrected chi connectivity index (χ3v) is 3.47. The van der Waals surface area contributed by atoms with Crippen molar-refractivity contribution in [2.45, 2.75) is 17.3 Å². The molecule has 2 aromatic rings. The first-order chi connectivity index (χ1) is 10.2. The number of thioether (sulfide) groups is 1. The summed E-state index contributed by atoms with van der Waals surface area (Å²) >= 11 is 1.35. The molecule has 0 fully saturated rings. The summed E-state index contributed by atoms with van der Waals surface area (Å²) in [6.45, 7) is -0.0444. The van der Waals surface area contributed by atoms with Gasteiger partial charge in [-0.1, -0.05) is 29.7 Å². The number of hydrogen-bond acceptors (Lipinski definition) is 4. The largest absolute Gasteiger partial charge is 0.395 e.